The van der Waals surface area contributed by atoms with Crippen molar-refractivity contribution in [2.24, 2.45) is 0 Å². The van der Waals surface area contributed by atoms with E-state index in [0.29, 0.717) is 26.2 Å². The molecule has 0 amide bonds. The SMILES string of the molecule is Cc1cc(C(F)(F)F)nc(N2CCN(c3ncncc3C(=O)O)CC2)n1. The molecule has 1 saturated heterocycles. The zero-order chi connectivity index (χ0) is 18.9. The standard InChI is InChI=1S/C15H15F3N6O2/c1-9-6-11(15(16,17)18)22-14(21-9)24-4-2-23(3-5-24)12-10(13(25)26)7-19-8-20-12/h6-8H,2-5H2,1H3,(H,25,26). The van der Waals surface area contributed by atoms with Gasteiger partial charge in [0.05, 0.1) is 0 Å². The largest absolute Gasteiger partial charge is 0.477 e. The maximum absolute atomic E-state index is 12.9. The van der Waals surface area contributed by atoms with Crippen LogP contribution < -0.4 is 9.80 Å². The van der Waals surface area contributed by atoms with E-state index in [4.69, 9.17) is 0 Å². The summed E-state index contributed by atoms with van der Waals surface area (Å²) in [5, 5.41) is 9.22. The Bertz CT molecular complexity index is 821. The van der Waals surface area contributed by atoms with Crippen molar-refractivity contribution in [3.05, 3.63) is 35.5 Å². The Morgan fingerprint density at radius 2 is 1.81 bits per heavy atom. The van der Waals surface area contributed by atoms with Crippen LogP contribution in [0.1, 0.15) is 21.7 Å². The lowest BCUT2D eigenvalue weighted by atomic mass is 10.2. The van der Waals surface area contributed by atoms with E-state index in [1.165, 1.54) is 19.4 Å². The first-order valence-corrected chi connectivity index (χ1v) is 7.72. The Balaban J connectivity index is 1.78. The Labute approximate surface area is 146 Å². The van der Waals surface area contributed by atoms with Crippen LogP contribution in [0.4, 0.5) is 24.9 Å². The summed E-state index contributed by atoms with van der Waals surface area (Å²) in [4.78, 5) is 30.1. The lowest BCUT2D eigenvalue weighted by Gasteiger charge is -2.35. The number of halogens is 3. The third-order valence-corrected chi connectivity index (χ3v) is 3.92. The second-order valence-corrected chi connectivity index (χ2v) is 5.73. The normalized spacial score (nSPS) is 15.2. The molecule has 1 aliphatic rings. The third-order valence-electron chi connectivity index (χ3n) is 3.92. The molecule has 0 atom stereocenters. The van der Waals surface area contributed by atoms with Crippen molar-refractivity contribution in [1.29, 1.82) is 0 Å². The van der Waals surface area contributed by atoms with Gasteiger partial charge in [0.25, 0.3) is 0 Å². The Morgan fingerprint density at radius 3 is 2.42 bits per heavy atom. The van der Waals surface area contributed by atoms with E-state index in [0.717, 1.165) is 6.07 Å². The third kappa shape index (κ3) is 3.65. The maximum Gasteiger partial charge on any atom is 0.433 e. The Kier molecular flexibility index (Phi) is 4.62. The van der Waals surface area contributed by atoms with Gasteiger partial charge in [0.1, 0.15) is 23.4 Å². The van der Waals surface area contributed by atoms with E-state index < -0.39 is 17.8 Å². The highest BCUT2D eigenvalue weighted by Gasteiger charge is 2.34. The Hall–Kier alpha value is -2.98. The summed E-state index contributed by atoms with van der Waals surface area (Å²) in [6, 6.07) is 0.903. The number of alkyl halides is 3. The lowest BCUT2D eigenvalue weighted by molar-refractivity contribution is -0.141. The topological polar surface area (TPSA) is 95.3 Å². The summed E-state index contributed by atoms with van der Waals surface area (Å²) < 4.78 is 38.8. The van der Waals surface area contributed by atoms with Crippen LogP contribution >= 0.6 is 0 Å². The summed E-state index contributed by atoms with van der Waals surface area (Å²) in [6.07, 6.45) is -2.06. The van der Waals surface area contributed by atoms with Crippen LogP contribution in [0.2, 0.25) is 0 Å². The van der Waals surface area contributed by atoms with E-state index in [-0.39, 0.29) is 23.0 Å². The van der Waals surface area contributed by atoms with Crippen molar-refractivity contribution in [2.75, 3.05) is 36.0 Å². The molecule has 2 aromatic rings. The predicted molar refractivity (Wildman–Crippen MR) is 85.2 cm³/mol. The van der Waals surface area contributed by atoms with Crippen LogP contribution in [-0.2, 0) is 6.18 Å². The number of hydrogen-bond acceptors (Lipinski definition) is 7. The number of carboxylic acids is 1. The molecule has 3 rings (SSSR count). The van der Waals surface area contributed by atoms with Crippen molar-refractivity contribution >= 4 is 17.7 Å². The van der Waals surface area contributed by atoms with E-state index in [1.807, 2.05) is 0 Å². The van der Waals surface area contributed by atoms with Gasteiger partial charge < -0.3 is 14.9 Å². The van der Waals surface area contributed by atoms with Crippen LogP contribution in [0.5, 0.6) is 0 Å². The molecule has 11 heteroatoms. The predicted octanol–water partition coefficient (Wildman–Crippen LogP) is 1.62. The monoisotopic (exact) mass is 368 g/mol. The van der Waals surface area contributed by atoms with Gasteiger partial charge in [0.2, 0.25) is 5.95 Å². The van der Waals surface area contributed by atoms with E-state index in [9.17, 15) is 23.1 Å². The maximum atomic E-state index is 12.9. The van der Waals surface area contributed by atoms with E-state index >= 15 is 0 Å². The molecule has 0 radical (unpaired) electrons. The van der Waals surface area contributed by atoms with Gasteiger partial charge in [-0.1, -0.05) is 0 Å². The first kappa shape index (κ1) is 17.8. The molecule has 0 unspecified atom stereocenters. The molecule has 138 valence electrons. The van der Waals surface area contributed by atoms with Crippen LogP contribution in [0, 0.1) is 6.92 Å². The van der Waals surface area contributed by atoms with Gasteiger partial charge in [-0.15, -0.1) is 0 Å². The molecular weight excluding hydrogens is 353 g/mol. The lowest BCUT2D eigenvalue weighted by Crippen LogP contribution is -2.48. The van der Waals surface area contributed by atoms with Crippen molar-refractivity contribution in [3.8, 4) is 0 Å². The number of aryl methyl sites for hydroxylation is 1. The molecular formula is C15H15F3N6O2. The zero-order valence-corrected chi connectivity index (χ0v) is 13.7. The van der Waals surface area contributed by atoms with Gasteiger partial charge in [-0.2, -0.15) is 13.2 Å². The number of aromatic nitrogens is 4. The summed E-state index contributed by atoms with van der Waals surface area (Å²) in [5.41, 5.74) is -0.771. The van der Waals surface area contributed by atoms with Crippen LogP contribution in [-0.4, -0.2) is 57.2 Å². The van der Waals surface area contributed by atoms with Gasteiger partial charge in [-0.25, -0.2) is 24.7 Å². The van der Waals surface area contributed by atoms with Crippen molar-refractivity contribution in [3.63, 3.8) is 0 Å². The zero-order valence-electron chi connectivity index (χ0n) is 13.7. The van der Waals surface area contributed by atoms with Crippen LogP contribution in [0.15, 0.2) is 18.6 Å². The van der Waals surface area contributed by atoms with Crippen LogP contribution in [0.25, 0.3) is 0 Å². The molecule has 0 bridgehead atoms. The molecule has 0 saturated carbocycles. The van der Waals surface area contributed by atoms with Gasteiger partial charge in [0, 0.05) is 38.1 Å². The minimum Gasteiger partial charge on any atom is -0.477 e. The van der Waals surface area contributed by atoms with E-state index in [1.54, 1.807) is 9.80 Å². The second kappa shape index (κ2) is 6.73. The quantitative estimate of drug-likeness (QED) is 0.873. The first-order chi connectivity index (χ1) is 12.3. The minimum absolute atomic E-state index is 0.0121. The number of hydrogen-bond donors (Lipinski definition) is 1. The molecule has 26 heavy (non-hydrogen) atoms. The Morgan fingerprint density at radius 1 is 1.15 bits per heavy atom. The highest BCUT2D eigenvalue weighted by Crippen LogP contribution is 2.29. The molecule has 1 N–H and O–H groups in total. The summed E-state index contributed by atoms with van der Waals surface area (Å²) in [6.45, 7) is 2.90. The second-order valence-electron chi connectivity index (χ2n) is 5.73. The number of rotatable bonds is 3. The molecule has 0 spiro atoms. The van der Waals surface area contributed by atoms with Crippen molar-refractivity contribution < 1.29 is 23.1 Å². The number of piperazine rings is 1. The average Bonchev–Trinajstić information content (AvgIpc) is 2.60. The van der Waals surface area contributed by atoms with Crippen LogP contribution in [0.3, 0.4) is 0 Å². The summed E-state index contributed by atoms with van der Waals surface area (Å²) >= 11 is 0. The number of carboxylic acid groups (broad SMARTS) is 1. The van der Waals surface area contributed by atoms with Crippen molar-refractivity contribution in [2.45, 2.75) is 13.1 Å². The fourth-order valence-corrected chi connectivity index (χ4v) is 2.68. The fraction of sp³-hybridized carbons (Fsp3) is 0.400. The van der Waals surface area contributed by atoms with Gasteiger partial charge >= 0.3 is 12.1 Å². The molecule has 2 aromatic heterocycles. The number of aromatic carboxylic acids is 1. The molecule has 0 aliphatic carbocycles. The van der Waals surface area contributed by atoms with Crippen molar-refractivity contribution in [1.82, 2.24) is 19.9 Å². The molecule has 1 fully saturated rings. The average molecular weight is 368 g/mol. The molecule has 0 aromatic carbocycles. The smallest absolute Gasteiger partial charge is 0.433 e. The highest BCUT2D eigenvalue weighted by molar-refractivity contribution is 5.92. The minimum atomic E-state index is -4.54. The number of nitrogens with zero attached hydrogens (tertiary/aromatic N) is 6. The van der Waals surface area contributed by atoms with Gasteiger partial charge in [-0.05, 0) is 13.0 Å². The molecule has 8 nitrogen and oxygen atoms in total. The van der Waals surface area contributed by atoms with Gasteiger partial charge in [-0.3, -0.25) is 0 Å². The fourth-order valence-electron chi connectivity index (χ4n) is 2.68. The number of carbonyl (C=O) groups is 1. The number of anilines is 2. The first-order valence-electron chi connectivity index (χ1n) is 7.72. The van der Waals surface area contributed by atoms with E-state index in [2.05, 4.69) is 19.9 Å². The highest BCUT2D eigenvalue weighted by atomic mass is 19.4. The molecule has 1 aliphatic heterocycles. The molecule has 3 heterocycles. The summed E-state index contributed by atoms with van der Waals surface area (Å²) in [7, 11) is 0. The summed E-state index contributed by atoms with van der Waals surface area (Å²) in [5.74, 6) is -0.841. The van der Waals surface area contributed by atoms with Gasteiger partial charge in [0.15, 0.2) is 0 Å².